The molecule has 1 amide bonds. The number of nitrogens with zero attached hydrogens (tertiary/aromatic N) is 3. The third kappa shape index (κ3) is 8.54. The summed E-state index contributed by atoms with van der Waals surface area (Å²) >= 11 is 0. The molecule has 0 bridgehead atoms. The van der Waals surface area contributed by atoms with Gasteiger partial charge >= 0.3 is 5.97 Å². The van der Waals surface area contributed by atoms with Crippen molar-refractivity contribution >= 4 is 34.3 Å². The van der Waals surface area contributed by atoms with E-state index in [1.807, 2.05) is 6.92 Å². The van der Waals surface area contributed by atoms with Crippen LogP contribution in [0.25, 0.3) is 17.3 Å². The molecule has 0 aliphatic rings. The Bertz CT molecular complexity index is 1340. The Morgan fingerprint density at radius 1 is 1.18 bits per heavy atom. The second-order valence-corrected chi connectivity index (χ2v) is 10.1. The summed E-state index contributed by atoms with van der Waals surface area (Å²) in [5.74, 6) is -1.75. The van der Waals surface area contributed by atoms with Crippen molar-refractivity contribution in [1.29, 1.82) is 0 Å². The molecule has 2 heterocycles. The summed E-state index contributed by atoms with van der Waals surface area (Å²) in [5.41, 5.74) is 2.80. The lowest BCUT2D eigenvalue weighted by Crippen LogP contribution is -2.29. The van der Waals surface area contributed by atoms with Crippen LogP contribution >= 0.6 is 0 Å². The second kappa shape index (κ2) is 15.5. The number of allylic oxidation sites excluding steroid dienone is 1. The maximum Gasteiger partial charge on any atom is 0.304 e. The van der Waals surface area contributed by atoms with Gasteiger partial charge in [-0.1, -0.05) is 39.8 Å². The molecule has 8 nitrogen and oxygen atoms in total. The van der Waals surface area contributed by atoms with E-state index in [-0.39, 0.29) is 23.9 Å². The van der Waals surface area contributed by atoms with Gasteiger partial charge in [0.05, 0.1) is 45.7 Å². The number of halogens is 1. The summed E-state index contributed by atoms with van der Waals surface area (Å²) in [5, 5.41) is 16.2. The number of carbonyl (C=O) groups is 2. The first-order valence-electron chi connectivity index (χ1n) is 12.7. The Kier molecular flexibility index (Phi) is 12.4. The number of carbonyl (C=O) groups excluding carboxylic acids is 1. The quantitative estimate of drug-likeness (QED) is 0.293. The van der Waals surface area contributed by atoms with Crippen molar-refractivity contribution in [3.8, 4) is 5.69 Å². The molecule has 208 valence electrons. The van der Waals surface area contributed by atoms with Crippen LogP contribution in [-0.2, 0) is 20.4 Å². The number of aliphatic carboxylic acids is 1. The highest BCUT2D eigenvalue weighted by atomic mass is 32.2. The van der Waals surface area contributed by atoms with E-state index >= 15 is 0 Å². The van der Waals surface area contributed by atoms with Gasteiger partial charge in [-0.3, -0.25) is 18.8 Å². The van der Waals surface area contributed by atoms with E-state index in [1.165, 1.54) is 24.8 Å². The number of hydrogen-bond donors (Lipinski definition) is 2. The fraction of sp³-hybridized carbons (Fsp3) is 0.310. The molecule has 39 heavy (non-hydrogen) atoms. The molecule has 0 spiro atoms. The van der Waals surface area contributed by atoms with Crippen LogP contribution in [0.2, 0.25) is 0 Å². The predicted molar refractivity (Wildman–Crippen MR) is 152 cm³/mol. The van der Waals surface area contributed by atoms with Gasteiger partial charge in [-0.15, -0.1) is 0 Å². The zero-order chi connectivity index (χ0) is 28.9. The van der Waals surface area contributed by atoms with E-state index in [1.54, 1.807) is 54.4 Å². The molecule has 0 aliphatic heterocycles. The number of benzene rings is 1. The maximum absolute atomic E-state index is 13.4. The van der Waals surface area contributed by atoms with Crippen molar-refractivity contribution in [2.75, 3.05) is 5.75 Å². The van der Waals surface area contributed by atoms with Gasteiger partial charge in [0.1, 0.15) is 5.82 Å². The first kappa shape index (κ1) is 31.3. The summed E-state index contributed by atoms with van der Waals surface area (Å²) < 4.78 is 27.4. The van der Waals surface area contributed by atoms with Gasteiger partial charge in [0.15, 0.2) is 0 Å². The van der Waals surface area contributed by atoms with Crippen molar-refractivity contribution in [2.45, 2.75) is 57.9 Å². The largest absolute Gasteiger partial charge is 0.481 e. The lowest BCUT2D eigenvalue weighted by atomic mass is 10.0. The molecular weight excluding hydrogens is 519 g/mol. The van der Waals surface area contributed by atoms with Gasteiger partial charge in [0, 0.05) is 29.3 Å². The van der Waals surface area contributed by atoms with E-state index < -0.39 is 22.8 Å². The van der Waals surface area contributed by atoms with Gasteiger partial charge in [0.2, 0.25) is 0 Å². The third-order valence-corrected chi connectivity index (χ3v) is 6.83. The molecule has 2 atom stereocenters. The number of hydrogen-bond acceptors (Lipinski definition) is 5. The topological polar surface area (TPSA) is 114 Å². The standard InChI is InChI=1S/C26H27FN4O4S.C3H8/c1-4-21(22-16-29-31(24(22)6-3)19-9-7-18(27)8-10-19)26(34)30-23(5-2)17-13-20(15-28-14-17)36(35)12-11-25(32)33;1-3-2/h4,6-10,13-16,23H,3,5,11-12H2,1-2H3,(H,30,34)(H,32,33);3H2,1-2H3/b21-4+;. The molecule has 0 saturated carbocycles. The van der Waals surface area contributed by atoms with E-state index in [9.17, 15) is 18.2 Å². The predicted octanol–water partition coefficient (Wildman–Crippen LogP) is 5.72. The Morgan fingerprint density at radius 3 is 2.41 bits per heavy atom. The number of carboxylic acid groups (broad SMARTS) is 1. The van der Waals surface area contributed by atoms with Crippen LogP contribution in [0.15, 0.2) is 66.5 Å². The Balaban J connectivity index is 0.00000170. The fourth-order valence-corrected chi connectivity index (χ4v) is 4.71. The lowest BCUT2D eigenvalue weighted by Gasteiger charge is -2.19. The summed E-state index contributed by atoms with van der Waals surface area (Å²) in [4.78, 5) is 28.7. The highest BCUT2D eigenvalue weighted by Gasteiger charge is 2.22. The van der Waals surface area contributed by atoms with Crippen LogP contribution in [0, 0.1) is 5.82 Å². The van der Waals surface area contributed by atoms with Crippen molar-refractivity contribution in [2.24, 2.45) is 0 Å². The normalized spacial score (nSPS) is 12.6. The van der Waals surface area contributed by atoms with E-state index in [0.717, 1.165) is 0 Å². The maximum atomic E-state index is 13.4. The zero-order valence-corrected chi connectivity index (χ0v) is 23.5. The van der Waals surface area contributed by atoms with E-state index in [4.69, 9.17) is 5.11 Å². The highest BCUT2D eigenvalue weighted by Crippen LogP contribution is 2.26. The van der Waals surface area contributed by atoms with Crippen LogP contribution in [0.3, 0.4) is 0 Å². The van der Waals surface area contributed by atoms with Crippen LogP contribution < -0.4 is 5.32 Å². The molecular formula is C29H35FN4O4S. The molecule has 0 fully saturated rings. The van der Waals surface area contributed by atoms with E-state index in [2.05, 4.69) is 35.8 Å². The molecule has 0 saturated heterocycles. The summed E-state index contributed by atoms with van der Waals surface area (Å²) in [6.07, 6.45) is 9.42. The number of rotatable bonds is 11. The second-order valence-electron chi connectivity index (χ2n) is 8.53. The average Bonchev–Trinajstić information content (AvgIpc) is 3.35. The van der Waals surface area contributed by atoms with Crippen molar-refractivity contribution in [3.63, 3.8) is 0 Å². The number of nitrogens with one attached hydrogen (secondary N) is 1. The van der Waals surface area contributed by atoms with Crippen LogP contribution in [-0.4, -0.2) is 41.7 Å². The monoisotopic (exact) mass is 554 g/mol. The first-order chi connectivity index (χ1) is 18.7. The fourth-order valence-electron chi connectivity index (χ4n) is 3.66. The summed E-state index contributed by atoms with van der Waals surface area (Å²) in [7, 11) is -1.52. The summed E-state index contributed by atoms with van der Waals surface area (Å²) in [6, 6.07) is 7.08. The number of amides is 1. The lowest BCUT2D eigenvalue weighted by molar-refractivity contribution is -0.136. The van der Waals surface area contributed by atoms with Crippen LogP contribution in [0.1, 0.15) is 69.8 Å². The minimum absolute atomic E-state index is 0.0191. The molecule has 3 aromatic rings. The zero-order valence-electron chi connectivity index (χ0n) is 22.7. The van der Waals surface area contributed by atoms with Gasteiger partial charge in [-0.2, -0.15) is 5.10 Å². The number of aromatic nitrogens is 3. The minimum atomic E-state index is -1.52. The number of pyridine rings is 1. The minimum Gasteiger partial charge on any atom is -0.481 e. The smallest absolute Gasteiger partial charge is 0.304 e. The van der Waals surface area contributed by atoms with Gasteiger partial charge in [-0.05, 0) is 55.3 Å². The van der Waals surface area contributed by atoms with Crippen LogP contribution in [0.4, 0.5) is 4.39 Å². The third-order valence-electron chi connectivity index (χ3n) is 5.51. The summed E-state index contributed by atoms with van der Waals surface area (Å²) in [6.45, 7) is 11.7. The van der Waals surface area contributed by atoms with Crippen molar-refractivity contribution < 1.29 is 23.3 Å². The number of carboxylic acids is 1. The molecule has 10 heteroatoms. The molecule has 3 rings (SSSR count). The Labute approximate surface area is 231 Å². The molecule has 2 N–H and O–H groups in total. The molecule has 1 aromatic carbocycles. The van der Waals surface area contributed by atoms with Gasteiger partial charge in [0.25, 0.3) is 5.91 Å². The average molecular weight is 555 g/mol. The van der Waals surface area contributed by atoms with Gasteiger partial charge < -0.3 is 10.4 Å². The van der Waals surface area contributed by atoms with Gasteiger partial charge in [-0.25, -0.2) is 9.07 Å². The first-order valence-corrected chi connectivity index (χ1v) is 14.0. The van der Waals surface area contributed by atoms with Crippen molar-refractivity contribution in [1.82, 2.24) is 20.1 Å². The molecule has 0 radical (unpaired) electrons. The molecule has 2 unspecified atom stereocenters. The molecule has 0 aliphatic carbocycles. The van der Waals surface area contributed by atoms with Crippen LogP contribution in [0.5, 0.6) is 0 Å². The Morgan fingerprint density at radius 2 is 1.85 bits per heavy atom. The highest BCUT2D eigenvalue weighted by molar-refractivity contribution is 7.85. The molecule has 2 aromatic heterocycles. The van der Waals surface area contributed by atoms with Crippen molar-refractivity contribution in [3.05, 3.63) is 84.2 Å². The van der Waals surface area contributed by atoms with E-state index in [0.29, 0.717) is 39.4 Å². The Hall–Kier alpha value is -3.92. The SMILES string of the molecule is C=Cc1c(/C(=C\C)C(=O)NC(CC)c2cncc(S(=O)CCC(=O)O)c2)cnn1-c1ccc(F)cc1.CCC.